The van der Waals surface area contributed by atoms with Crippen LogP contribution in [0.2, 0.25) is 0 Å². The van der Waals surface area contributed by atoms with Gasteiger partial charge in [0.2, 0.25) is 0 Å². The minimum atomic E-state index is -0.237. The molecule has 0 saturated heterocycles. The maximum Gasteiger partial charge on any atom is 0.123 e. The molecule has 1 aromatic rings. The highest BCUT2D eigenvalue weighted by Crippen LogP contribution is 2.30. The SMILES string of the molecule is CC(CNF)C1CCc2cc(F)ccc2O1. The zero-order valence-corrected chi connectivity index (χ0v) is 9.17. The van der Waals surface area contributed by atoms with Crippen molar-refractivity contribution in [2.45, 2.75) is 25.9 Å². The average Bonchev–Trinajstić information content (AvgIpc) is 2.28. The topological polar surface area (TPSA) is 21.3 Å². The van der Waals surface area contributed by atoms with E-state index < -0.39 is 0 Å². The predicted molar refractivity (Wildman–Crippen MR) is 57.4 cm³/mol. The first-order valence-corrected chi connectivity index (χ1v) is 5.49. The van der Waals surface area contributed by atoms with Crippen molar-refractivity contribution in [2.75, 3.05) is 6.54 Å². The molecule has 2 nitrogen and oxygen atoms in total. The Labute approximate surface area is 93.5 Å². The van der Waals surface area contributed by atoms with Crippen LogP contribution in [0.15, 0.2) is 18.2 Å². The van der Waals surface area contributed by atoms with Crippen LogP contribution in [0.3, 0.4) is 0 Å². The molecule has 2 unspecified atom stereocenters. The maximum atomic E-state index is 13.0. The van der Waals surface area contributed by atoms with Crippen LogP contribution in [0.4, 0.5) is 8.87 Å². The standard InChI is InChI=1S/C12H15F2NO/c1-8(7-15-14)11-4-2-9-6-10(13)3-5-12(9)16-11/h3,5-6,8,11,15H,2,4,7H2,1H3. The first-order valence-electron chi connectivity index (χ1n) is 5.49. The maximum absolute atomic E-state index is 13.0. The van der Waals surface area contributed by atoms with Gasteiger partial charge in [0.1, 0.15) is 17.7 Å². The Morgan fingerprint density at radius 2 is 2.38 bits per heavy atom. The lowest BCUT2D eigenvalue weighted by molar-refractivity contribution is 0.106. The number of nitrogens with one attached hydrogen (secondary N) is 1. The van der Waals surface area contributed by atoms with E-state index in [1.165, 1.54) is 12.1 Å². The molecule has 0 spiro atoms. The van der Waals surface area contributed by atoms with E-state index in [2.05, 4.69) is 0 Å². The van der Waals surface area contributed by atoms with E-state index >= 15 is 0 Å². The lowest BCUT2D eigenvalue weighted by atomic mass is 9.94. The van der Waals surface area contributed by atoms with Crippen LogP contribution in [-0.2, 0) is 6.42 Å². The van der Waals surface area contributed by atoms with Gasteiger partial charge in [0.25, 0.3) is 0 Å². The molecule has 0 aromatic heterocycles. The summed E-state index contributed by atoms with van der Waals surface area (Å²) in [5.74, 6) is 0.589. The van der Waals surface area contributed by atoms with Crippen LogP contribution >= 0.6 is 0 Å². The Balaban J connectivity index is 2.09. The summed E-state index contributed by atoms with van der Waals surface area (Å²) < 4.78 is 30.7. The number of fused-ring (bicyclic) bond motifs is 1. The molecule has 1 aromatic carbocycles. The van der Waals surface area contributed by atoms with Gasteiger partial charge in [-0.05, 0) is 36.6 Å². The van der Waals surface area contributed by atoms with Crippen molar-refractivity contribution in [1.82, 2.24) is 5.54 Å². The van der Waals surface area contributed by atoms with E-state index in [1.807, 2.05) is 6.92 Å². The van der Waals surface area contributed by atoms with Crippen molar-refractivity contribution in [2.24, 2.45) is 5.92 Å². The fourth-order valence-electron chi connectivity index (χ4n) is 2.03. The van der Waals surface area contributed by atoms with Crippen LogP contribution < -0.4 is 10.3 Å². The first kappa shape index (κ1) is 11.3. The van der Waals surface area contributed by atoms with Crippen molar-refractivity contribution in [3.8, 4) is 5.75 Å². The molecular weight excluding hydrogens is 212 g/mol. The van der Waals surface area contributed by atoms with Crippen LogP contribution in [0, 0.1) is 11.7 Å². The van der Waals surface area contributed by atoms with E-state index in [1.54, 1.807) is 11.6 Å². The molecule has 1 heterocycles. The Kier molecular flexibility index (Phi) is 3.39. The normalized spacial score (nSPS) is 21.1. The van der Waals surface area contributed by atoms with Gasteiger partial charge in [-0.2, -0.15) is 5.54 Å². The Hall–Kier alpha value is -1.16. The van der Waals surface area contributed by atoms with Gasteiger partial charge in [-0.15, -0.1) is 4.48 Å². The molecule has 2 atom stereocenters. The molecule has 2 rings (SSSR count). The van der Waals surface area contributed by atoms with Crippen molar-refractivity contribution in [3.05, 3.63) is 29.6 Å². The van der Waals surface area contributed by atoms with Gasteiger partial charge >= 0.3 is 0 Å². The smallest absolute Gasteiger partial charge is 0.123 e. The molecule has 1 aliphatic rings. The molecule has 0 bridgehead atoms. The minimum Gasteiger partial charge on any atom is -0.490 e. The molecule has 1 N–H and O–H groups in total. The molecule has 0 fully saturated rings. The molecular formula is C12H15F2NO. The number of hydrogen-bond acceptors (Lipinski definition) is 2. The van der Waals surface area contributed by atoms with E-state index in [0.29, 0.717) is 0 Å². The predicted octanol–water partition coefficient (Wildman–Crippen LogP) is 2.63. The van der Waals surface area contributed by atoms with Crippen molar-refractivity contribution >= 4 is 0 Å². The summed E-state index contributed by atoms with van der Waals surface area (Å²) >= 11 is 0. The van der Waals surface area contributed by atoms with E-state index in [0.717, 1.165) is 24.2 Å². The summed E-state index contributed by atoms with van der Waals surface area (Å²) in [7, 11) is 0. The first-order chi connectivity index (χ1) is 7.70. The second-order valence-electron chi connectivity index (χ2n) is 4.26. The van der Waals surface area contributed by atoms with Crippen molar-refractivity contribution < 1.29 is 13.6 Å². The highest BCUT2D eigenvalue weighted by atomic mass is 19.2. The zero-order valence-electron chi connectivity index (χ0n) is 9.17. The summed E-state index contributed by atoms with van der Waals surface area (Å²) in [5, 5.41) is 0. The third-order valence-corrected chi connectivity index (χ3v) is 3.03. The Bertz CT molecular complexity index is 370. The third kappa shape index (κ3) is 2.32. The molecule has 0 radical (unpaired) electrons. The van der Waals surface area contributed by atoms with Crippen LogP contribution in [0.1, 0.15) is 18.9 Å². The van der Waals surface area contributed by atoms with Gasteiger partial charge in [-0.3, -0.25) is 0 Å². The number of rotatable bonds is 3. The summed E-state index contributed by atoms with van der Waals surface area (Å²) in [6.07, 6.45) is 1.59. The molecule has 1 aliphatic heterocycles. The second kappa shape index (κ2) is 4.78. The third-order valence-electron chi connectivity index (χ3n) is 3.03. The lowest BCUT2D eigenvalue weighted by Gasteiger charge is -2.30. The summed E-state index contributed by atoms with van der Waals surface area (Å²) in [4.78, 5) is 0. The lowest BCUT2D eigenvalue weighted by Crippen LogP contribution is -2.33. The van der Waals surface area contributed by atoms with Crippen LogP contribution in [0.5, 0.6) is 5.75 Å². The quantitative estimate of drug-likeness (QED) is 0.801. The fraction of sp³-hybridized carbons (Fsp3) is 0.500. The highest BCUT2D eigenvalue weighted by molar-refractivity contribution is 5.35. The van der Waals surface area contributed by atoms with E-state index in [9.17, 15) is 8.87 Å². The molecule has 0 saturated carbocycles. The number of ether oxygens (including phenoxy) is 1. The van der Waals surface area contributed by atoms with Gasteiger partial charge in [0.15, 0.2) is 0 Å². The van der Waals surface area contributed by atoms with Crippen molar-refractivity contribution in [1.29, 1.82) is 0 Å². The monoisotopic (exact) mass is 227 g/mol. The number of hydrogen-bond donors (Lipinski definition) is 1. The Morgan fingerprint density at radius 1 is 1.56 bits per heavy atom. The highest BCUT2D eigenvalue weighted by Gasteiger charge is 2.24. The average molecular weight is 227 g/mol. The molecule has 4 heteroatoms. The van der Waals surface area contributed by atoms with E-state index in [4.69, 9.17) is 4.74 Å². The van der Waals surface area contributed by atoms with E-state index in [-0.39, 0.29) is 24.4 Å². The van der Waals surface area contributed by atoms with Crippen molar-refractivity contribution in [3.63, 3.8) is 0 Å². The van der Waals surface area contributed by atoms with Gasteiger partial charge in [0.05, 0.1) is 0 Å². The van der Waals surface area contributed by atoms with Gasteiger partial charge in [-0.25, -0.2) is 4.39 Å². The number of aryl methyl sites for hydroxylation is 1. The van der Waals surface area contributed by atoms with Crippen LogP contribution in [-0.4, -0.2) is 12.6 Å². The number of benzene rings is 1. The minimum absolute atomic E-state index is 0.00112. The largest absolute Gasteiger partial charge is 0.490 e. The van der Waals surface area contributed by atoms with Gasteiger partial charge in [-0.1, -0.05) is 6.92 Å². The van der Waals surface area contributed by atoms with Crippen LogP contribution in [0.25, 0.3) is 0 Å². The Morgan fingerprint density at radius 3 is 3.12 bits per heavy atom. The molecule has 0 amide bonds. The summed E-state index contributed by atoms with van der Waals surface area (Å²) in [6.45, 7) is 2.22. The number of halogens is 2. The summed E-state index contributed by atoms with van der Waals surface area (Å²) in [5.41, 5.74) is 2.56. The second-order valence-corrected chi connectivity index (χ2v) is 4.26. The zero-order chi connectivity index (χ0) is 11.5. The fourth-order valence-corrected chi connectivity index (χ4v) is 2.03. The van der Waals surface area contributed by atoms with Gasteiger partial charge < -0.3 is 4.74 Å². The molecule has 16 heavy (non-hydrogen) atoms. The molecule has 0 aliphatic carbocycles. The molecule has 88 valence electrons. The summed E-state index contributed by atoms with van der Waals surface area (Å²) in [6, 6.07) is 4.54. The van der Waals surface area contributed by atoms with Gasteiger partial charge in [0, 0.05) is 12.5 Å².